The number of nitrogens with zero attached hydrogens (tertiary/aromatic N) is 1. The SMILES string of the molecule is CCCOCC(=O)N1CCCC(C)C1C(=O)O. The Hall–Kier alpha value is -1.10. The highest BCUT2D eigenvalue weighted by Crippen LogP contribution is 2.23. The molecule has 0 saturated carbocycles. The fraction of sp³-hybridized carbons (Fsp3) is 0.833. The van der Waals surface area contributed by atoms with E-state index >= 15 is 0 Å². The van der Waals surface area contributed by atoms with Gasteiger partial charge in [0.15, 0.2) is 0 Å². The third kappa shape index (κ3) is 3.70. The van der Waals surface area contributed by atoms with Crippen LogP contribution in [0.4, 0.5) is 0 Å². The van der Waals surface area contributed by atoms with Gasteiger partial charge in [0.1, 0.15) is 12.6 Å². The Kier molecular flexibility index (Phi) is 5.41. The summed E-state index contributed by atoms with van der Waals surface area (Å²) in [5.74, 6) is -1.12. The Morgan fingerprint density at radius 2 is 2.18 bits per heavy atom. The lowest BCUT2D eigenvalue weighted by atomic mass is 9.91. The van der Waals surface area contributed by atoms with Crippen molar-refractivity contribution in [1.29, 1.82) is 0 Å². The highest BCUT2D eigenvalue weighted by atomic mass is 16.5. The second-order valence-corrected chi connectivity index (χ2v) is 4.54. The predicted molar refractivity (Wildman–Crippen MR) is 62.6 cm³/mol. The van der Waals surface area contributed by atoms with Gasteiger partial charge < -0.3 is 14.7 Å². The summed E-state index contributed by atoms with van der Waals surface area (Å²) in [5.41, 5.74) is 0. The summed E-state index contributed by atoms with van der Waals surface area (Å²) in [6.07, 6.45) is 2.58. The van der Waals surface area contributed by atoms with E-state index in [0.29, 0.717) is 13.2 Å². The van der Waals surface area contributed by atoms with E-state index in [0.717, 1.165) is 19.3 Å². The number of rotatable bonds is 5. The molecule has 5 heteroatoms. The Balaban J connectivity index is 2.59. The molecule has 1 rings (SSSR count). The quantitative estimate of drug-likeness (QED) is 0.735. The monoisotopic (exact) mass is 243 g/mol. The van der Waals surface area contributed by atoms with Crippen LogP contribution in [0.2, 0.25) is 0 Å². The van der Waals surface area contributed by atoms with E-state index in [2.05, 4.69) is 0 Å². The summed E-state index contributed by atoms with van der Waals surface area (Å²) in [6, 6.07) is -0.693. The maximum absolute atomic E-state index is 11.9. The van der Waals surface area contributed by atoms with Crippen molar-refractivity contribution in [2.75, 3.05) is 19.8 Å². The molecular weight excluding hydrogens is 222 g/mol. The predicted octanol–water partition coefficient (Wildman–Crippen LogP) is 1.12. The van der Waals surface area contributed by atoms with Crippen LogP contribution < -0.4 is 0 Å². The van der Waals surface area contributed by atoms with Crippen LogP contribution in [0.3, 0.4) is 0 Å². The van der Waals surface area contributed by atoms with E-state index < -0.39 is 12.0 Å². The minimum absolute atomic E-state index is 0.00958. The van der Waals surface area contributed by atoms with Crippen molar-refractivity contribution in [2.24, 2.45) is 5.92 Å². The Bertz CT molecular complexity index is 280. The summed E-state index contributed by atoms with van der Waals surface area (Å²) in [4.78, 5) is 24.5. The molecule has 0 aromatic carbocycles. The van der Waals surface area contributed by atoms with Crippen LogP contribution in [0.25, 0.3) is 0 Å². The van der Waals surface area contributed by atoms with Gasteiger partial charge in [0, 0.05) is 13.2 Å². The first kappa shape index (κ1) is 14.0. The summed E-state index contributed by atoms with van der Waals surface area (Å²) in [7, 11) is 0. The number of aliphatic carboxylic acids is 1. The lowest BCUT2D eigenvalue weighted by molar-refractivity contribution is -0.156. The Morgan fingerprint density at radius 3 is 2.76 bits per heavy atom. The van der Waals surface area contributed by atoms with Crippen LogP contribution in [0.15, 0.2) is 0 Å². The van der Waals surface area contributed by atoms with E-state index in [-0.39, 0.29) is 18.4 Å². The molecule has 0 aliphatic carbocycles. The van der Waals surface area contributed by atoms with E-state index in [1.807, 2.05) is 13.8 Å². The van der Waals surface area contributed by atoms with Crippen LogP contribution in [0.5, 0.6) is 0 Å². The summed E-state index contributed by atoms with van der Waals surface area (Å²) >= 11 is 0. The zero-order chi connectivity index (χ0) is 12.8. The number of carbonyl (C=O) groups is 2. The number of carboxylic acid groups (broad SMARTS) is 1. The number of ether oxygens (including phenoxy) is 1. The molecule has 0 spiro atoms. The molecule has 1 aliphatic rings. The summed E-state index contributed by atoms with van der Waals surface area (Å²) in [5, 5.41) is 9.16. The van der Waals surface area contributed by atoms with Gasteiger partial charge in [0.05, 0.1) is 0 Å². The standard InChI is InChI=1S/C12H21NO4/c1-3-7-17-8-10(14)13-6-4-5-9(2)11(13)12(15)16/h9,11H,3-8H2,1-2H3,(H,15,16). The number of amides is 1. The zero-order valence-electron chi connectivity index (χ0n) is 10.5. The molecule has 1 saturated heterocycles. The number of hydrogen-bond acceptors (Lipinski definition) is 3. The van der Waals surface area contributed by atoms with Crippen molar-refractivity contribution >= 4 is 11.9 Å². The molecule has 2 atom stereocenters. The average Bonchev–Trinajstić information content (AvgIpc) is 2.28. The van der Waals surface area contributed by atoms with Crippen molar-refractivity contribution in [3.63, 3.8) is 0 Å². The molecule has 0 aromatic heterocycles. The molecule has 1 fully saturated rings. The molecule has 1 heterocycles. The first-order valence-corrected chi connectivity index (χ1v) is 6.18. The van der Waals surface area contributed by atoms with Crippen LogP contribution in [0, 0.1) is 5.92 Å². The Labute approximate surface area is 102 Å². The smallest absolute Gasteiger partial charge is 0.326 e. The number of carboxylic acids is 1. The second kappa shape index (κ2) is 6.59. The van der Waals surface area contributed by atoms with Gasteiger partial charge in [-0.3, -0.25) is 4.79 Å². The van der Waals surface area contributed by atoms with Crippen molar-refractivity contribution in [3.05, 3.63) is 0 Å². The van der Waals surface area contributed by atoms with Gasteiger partial charge in [0.2, 0.25) is 5.91 Å². The minimum atomic E-state index is -0.916. The van der Waals surface area contributed by atoms with Crippen molar-refractivity contribution in [3.8, 4) is 0 Å². The highest BCUT2D eigenvalue weighted by molar-refractivity contribution is 5.84. The summed E-state index contributed by atoms with van der Waals surface area (Å²) < 4.78 is 5.18. The van der Waals surface area contributed by atoms with Gasteiger partial charge in [-0.1, -0.05) is 13.8 Å². The number of carbonyl (C=O) groups excluding carboxylic acids is 1. The van der Waals surface area contributed by atoms with Gasteiger partial charge in [0.25, 0.3) is 0 Å². The van der Waals surface area contributed by atoms with E-state index in [4.69, 9.17) is 9.84 Å². The third-order valence-corrected chi connectivity index (χ3v) is 3.08. The molecule has 1 amide bonds. The van der Waals surface area contributed by atoms with Gasteiger partial charge in [-0.15, -0.1) is 0 Å². The fourth-order valence-electron chi connectivity index (χ4n) is 2.23. The number of hydrogen-bond donors (Lipinski definition) is 1. The van der Waals surface area contributed by atoms with Gasteiger partial charge in [-0.25, -0.2) is 4.79 Å². The molecular formula is C12H21NO4. The number of piperidine rings is 1. The molecule has 2 unspecified atom stereocenters. The minimum Gasteiger partial charge on any atom is -0.480 e. The largest absolute Gasteiger partial charge is 0.480 e. The van der Waals surface area contributed by atoms with Crippen molar-refractivity contribution in [2.45, 2.75) is 39.2 Å². The van der Waals surface area contributed by atoms with Crippen molar-refractivity contribution in [1.82, 2.24) is 4.90 Å². The van der Waals surface area contributed by atoms with Gasteiger partial charge in [-0.05, 0) is 25.2 Å². The maximum Gasteiger partial charge on any atom is 0.326 e. The number of likely N-dealkylation sites (tertiary alicyclic amines) is 1. The fourth-order valence-corrected chi connectivity index (χ4v) is 2.23. The van der Waals surface area contributed by atoms with Gasteiger partial charge >= 0.3 is 5.97 Å². The van der Waals surface area contributed by atoms with Crippen LogP contribution >= 0.6 is 0 Å². The van der Waals surface area contributed by atoms with Gasteiger partial charge in [-0.2, -0.15) is 0 Å². The normalized spacial score (nSPS) is 24.7. The Morgan fingerprint density at radius 1 is 1.47 bits per heavy atom. The average molecular weight is 243 g/mol. The molecule has 98 valence electrons. The second-order valence-electron chi connectivity index (χ2n) is 4.54. The molecule has 5 nitrogen and oxygen atoms in total. The topological polar surface area (TPSA) is 66.8 Å². The molecule has 0 aromatic rings. The first-order valence-electron chi connectivity index (χ1n) is 6.18. The van der Waals surface area contributed by atoms with E-state index in [9.17, 15) is 9.59 Å². The lowest BCUT2D eigenvalue weighted by Crippen LogP contribution is -2.52. The van der Waals surface area contributed by atoms with Crippen molar-refractivity contribution < 1.29 is 19.4 Å². The zero-order valence-corrected chi connectivity index (χ0v) is 10.5. The van der Waals surface area contributed by atoms with Crippen LogP contribution in [-0.2, 0) is 14.3 Å². The van der Waals surface area contributed by atoms with Crippen LogP contribution in [0.1, 0.15) is 33.1 Å². The first-order chi connectivity index (χ1) is 8.07. The molecule has 17 heavy (non-hydrogen) atoms. The van der Waals surface area contributed by atoms with E-state index in [1.54, 1.807) is 0 Å². The molecule has 1 aliphatic heterocycles. The maximum atomic E-state index is 11.9. The summed E-state index contributed by atoms with van der Waals surface area (Å²) in [6.45, 7) is 4.89. The van der Waals surface area contributed by atoms with E-state index in [1.165, 1.54) is 4.90 Å². The lowest BCUT2D eigenvalue weighted by Gasteiger charge is -2.37. The molecule has 1 N–H and O–H groups in total. The molecule has 0 radical (unpaired) electrons. The van der Waals surface area contributed by atoms with Crippen LogP contribution in [-0.4, -0.2) is 47.7 Å². The highest BCUT2D eigenvalue weighted by Gasteiger charge is 2.36. The molecule has 0 bridgehead atoms. The third-order valence-electron chi connectivity index (χ3n) is 3.08.